The predicted molar refractivity (Wildman–Crippen MR) is 62.4 cm³/mol. The molecule has 0 aliphatic heterocycles. The first-order valence-corrected chi connectivity index (χ1v) is 5.08. The highest BCUT2D eigenvalue weighted by Gasteiger charge is 2.18. The van der Waals surface area contributed by atoms with Crippen LogP contribution in [0.2, 0.25) is 0 Å². The number of hydrogen-bond acceptors (Lipinski definition) is 5. The number of hydrogen-bond donors (Lipinski definition) is 2. The molecule has 0 aliphatic carbocycles. The molecule has 1 aromatic rings. The van der Waals surface area contributed by atoms with Crippen LogP contribution in [0.4, 0.5) is 5.69 Å². The van der Waals surface area contributed by atoms with E-state index in [2.05, 4.69) is 10.1 Å². The lowest BCUT2D eigenvalue weighted by Crippen LogP contribution is -2.34. The molecule has 0 amide bonds. The Morgan fingerprint density at radius 2 is 2.35 bits per heavy atom. The first-order valence-electron chi connectivity index (χ1n) is 5.08. The summed E-state index contributed by atoms with van der Waals surface area (Å²) in [5, 5.41) is 20.8. The number of aliphatic hydroxyl groups excluding tert-OH is 1. The molecule has 0 bridgehead atoms. The van der Waals surface area contributed by atoms with Crippen LogP contribution < -0.4 is 5.32 Å². The minimum Gasteiger partial charge on any atom is -0.467 e. The number of ether oxygens (including phenoxy) is 1. The number of nitrogens with zero attached hydrogens (tertiary/aromatic N) is 1. The molecular formula is C12H14N2O3. The van der Waals surface area contributed by atoms with E-state index in [1.807, 2.05) is 13.0 Å². The molecule has 0 saturated carbocycles. The van der Waals surface area contributed by atoms with Gasteiger partial charge in [-0.25, -0.2) is 4.79 Å². The van der Waals surface area contributed by atoms with Crippen molar-refractivity contribution in [3.8, 4) is 6.07 Å². The average Bonchev–Trinajstić information content (AvgIpc) is 2.35. The summed E-state index contributed by atoms with van der Waals surface area (Å²) in [6.45, 7) is 1.48. The molecule has 17 heavy (non-hydrogen) atoms. The molecule has 0 aliphatic rings. The van der Waals surface area contributed by atoms with Crippen LogP contribution >= 0.6 is 0 Å². The van der Waals surface area contributed by atoms with E-state index < -0.39 is 18.6 Å². The highest BCUT2D eigenvalue weighted by atomic mass is 16.5. The minimum absolute atomic E-state index is 0.397. The maximum atomic E-state index is 11.3. The lowest BCUT2D eigenvalue weighted by atomic mass is 10.1. The van der Waals surface area contributed by atoms with Crippen molar-refractivity contribution in [3.63, 3.8) is 0 Å². The van der Waals surface area contributed by atoms with E-state index in [4.69, 9.17) is 10.4 Å². The topological polar surface area (TPSA) is 82.3 Å². The lowest BCUT2D eigenvalue weighted by Gasteiger charge is -2.16. The van der Waals surface area contributed by atoms with Gasteiger partial charge in [0.15, 0.2) is 0 Å². The molecule has 5 heteroatoms. The van der Waals surface area contributed by atoms with Crippen LogP contribution in [0, 0.1) is 18.3 Å². The Kier molecular flexibility index (Phi) is 4.49. The fourth-order valence-corrected chi connectivity index (χ4v) is 1.38. The van der Waals surface area contributed by atoms with E-state index in [-0.39, 0.29) is 0 Å². The van der Waals surface area contributed by atoms with Crippen LogP contribution in [-0.4, -0.2) is 30.8 Å². The zero-order valence-corrected chi connectivity index (χ0v) is 9.73. The number of aliphatic hydroxyl groups is 1. The van der Waals surface area contributed by atoms with Gasteiger partial charge >= 0.3 is 5.97 Å². The molecule has 1 unspecified atom stereocenters. The highest BCUT2D eigenvalue weighted by molar-refractivity contribution is 5.80. The van der Waals surface area contributed by atoms with Crippen LogP contribution in [0.3, 0.4) is 0 Å². The number of methoxy groups -OCH3 is 1. The third-order valence-electron chi connectivity index (χ3n) is 2.29. The molecule has 1 rings (SSSR count). The maximum absolute atomic E-state index is 11.3. The summed E-state index contributed by atoms with van der Waals surface area (Å²) < 4.78 is 4.53. The zero-order valence-electron chi connectivity index (χ0n) is 9.73. The van der Waals surface area contributed by atoms with Gasteiger partial charge in [-0.3, -0.25) is 0 Å². The zero-order chi connectivity index (χ0) is 12.8. The SMILES string of the molecule is COC(=O)C(CO)Nc1cc(C)ccc1C#N. The summed E-state index contributed by atoms with van der Waals surface area (Å²) in [6.07, 6.45) is 0. The molecule has 5 nitrogen and oxygen atoms in total. The van der Waals surface area contributed by atoms with Crippen molar-refractivity contribution in [2.45, 2.75) is 13.0 Å². The fourth-order valence-electron chi connectivity index (χ4n) is 1.38. The summed E-state index contributed by atoms with van der Waals surface area (Å²) in [5.41, 5.74) is 1.88. The quantitative estimate of drug-likeness (QED) is 0.753. The second-order valence-corrected chi connectivity index (χ2v) is 3.56. The maximum Gasteiger partial charge on any atom is 0.330 e. The Hall–Kier alpha value is -2.06. The van der Waals surface area contributed by atoms with Gasteiger partial charge in [0.25, 0.3) is 0 Å². The molecule has 90 valence electrons. The number of nitriles is 1. The molecule has 2 N–H and O–H groups in total. The van der Waals surface area contributed by atoms with E-state index in [0.717, 1.165) is 5.56 Å². The Morgan fingerprint density at radius 1 is 1.65 bits per heavy atom. The fraction of sp³-hybridized carbons (Fsp3) is 0.333. The van der Waals surface area contributed by atoms with Crippen molar-refractivity contribution in [1.29, 1.82) is 5.26 Å². The number of anilines is 1. The van der Waals surface area contributed by atoms with E-state index in [1.165, 1.54) is 7.11 Å². The van der Waals surface area contributed by atoms with E-state index in [9.17, 15) is 4.79 Å². The van der Waals surface area contributed by atoms with E-state index in [0.29, 0.717) is 11.3 Å². The van der Waals surface area contributed by atoms with Crippen molar-refractivity contribution in [1.82, 2.24) is 0 Å². The van der Waals surface area contributed by atoms with E-state index in [1.54, 1.807) is 18.2 Å². The minimum atomic E-state index is -0.867. The Bertz CT molecular complexity index is 452. The number of esters is 1. The summed E-state index contributed by atoms with van der Waals surface area (Å²) in [6, 6.07) is 6.34. The third-order valence-corrected chi connectivity index (χ3v) is 2.29. The summed E-state index contributed by atoms with van der Waals surface area (Å²) in [5.74, 6) is -0.571. The standard InChI is InChI=1S/C12H14N2O3/c1-8-3-4-9(6-13)10(5-8)14-11(7-15)12(16)17-2/h3-5,11,14-15H,7H2,1-2H3. The molecule has 0 fully saturated rings. The largest absolute Gasteiger partial charge is 0.467 e. The molecule has 0 aromatic heterocycles. The predicted octanol–water partition coefficient (Wildman–Crippen LogP) is 0.812. The van der Waals surface area contributed by atoms with Crippen molar-refractivity contribution in [3.05, 3.63) is 29.3 Å². The molecule has 0 saturated heterocycles. The molecule has 1 aromatic carbocycles. The molecule has 0 heterocycles. The summed E-state index contributed by atoms with van der Waals surface area (Å²) in [4.78, 5) is 11.3. The van der Waals surface area contributed by atoms with Crippen molar-refractivity contribution in [2.24, 2.45) is 0 Å². The van der Waals surface area contributed by atoms with Crippen LogP contribution in [0.5, 0.6) is 0 Å². The number of benzene rings is 1. The average molecular weight is 234 g/mol. The number of rotatable bonds is 4. The highest BCUT2D eigenvalue weighted by Crippen LogP contribution is 2.17. The summed E-state index contributed by atoms with van der Waals surface area (Å²) >= 11 is 0. The number of aryl methyl sites for hydroxylation is 1. The van der Waals surface area contributed by atoms with Gasteiger partial charge in [0.05, 0.1) is 25.0 Å². The second-order valence-electron chi connectivity index (χ2n) is 3.56. The van der Waals surface area contributed by atoms with Crippen molar-refractivity contribution >= 4 is 11.7 Å². The van der Waals surface area contributed by atoms with Crippen LogP contribution in [0.15, 0.2) is 18.2 Å². The lowest BCUT2D eigenvalue weighted by molar-refractivity contribution is -0.142. The Balaban J connectivity index is 2.97. The third kappa shape index (κ3) is 3.20. The van der Waals surface area contributed by atoms with Gasteiger partial charge in [-0.05, 0) is 24.6 Å². The normalized spacial score (nSPS) is 11.4. The Morgan fingerprint density at radius 3 is 2.88 bits per heavy atom. The Labute approximate surface area is 99.6 Å². The van der Waals surface area contributed by atoms with Crippen molar-refractivity contribution < 1.29 is 14.6 Å². The smallest absolute Gasteiger partial charge is 0.330 e. The molecular weight excluding hydrogens is 220 g/mol. The van der Waals surface area contributed by atoms with Crippen molar-refractivity contribution in [2.75, 3.05) is 19.0 Å². The van der Waals surface area contributed by atoms with Gasteiger partial charge in [0, 0.05) is 0 Å². The first-order chi connectivity index (χ1) is 8.12. The van der Waals surface area contributed by atoms with Gasteiger partial charge in [-0.2, -0.15) is 5.26 Å². The number of nitrogens with one attached hydrogen (secondary N) is 1. The van der Waals surface area contributed by atoms with Gasteiger partial charge < -0.3 is 15.2 Å². The van der Waals surface area contributed by atoms with Crippen LogP contribution in [-0.2, 0) is 9.53 Å². The van der Waals surface area contributed by atoms with Crippen LogP contribution in [0.25, 0.3) is 0 Å². The van der Waals surface area contributed by atoms with Gasteiger partial charge in [0.1, 0.15) is 12.1 Å². The summed E-state index contributed by atoms with van der Waals surface area (Å²) in [7, 11) is 1.24. The number of carbonyl (C=O) groups is 1. The monoisotopic (exact) mass is 234 g/mol. The van der Waals surface area contributed by atoms with Crippen LogP contribution in [0.1, 0.15) is 11.1 Å². The molecule has 0 spiro atoms. The molecule has 0 radical (unpaired) electrons. The van der Waals surface area contributed by atoms with Gasteiger partial charge in [-0.15, -0.1) is 0 Å². The second kappa shape index (κ2) is 5.87. The first kappa shape index (κ1) is 13.0. The molecule has 1 atom stereocenters. The van der Waals surface area contributed by atoms with E-state index >= 15 is 0 Å². The van der Waals surface area contributed by atoms with Gasteiger partial charge in [0.2, 0.25) is 0 Å². The number of carbonyl (C=O) groups excluding carboxylic acids is 1. The van der Waals surface area contributed by atoms with Gasteiger partial charge in [-0.1, -0.05) is 6.07 Å².